The molecule has 0 spiro atoms. The summed E-state index contributed by atoms with van der Waals surface area (Å²) in [6.07, 6.45) is 0. The Hall–Kier alpha value is -1.88. The van der Waals surface area contributed by atoms with Gasteiger partial charge in [0.1, 0.15) is 18.2 Å². The van der Waals surface area contributed by atoms with E-state index in [-0.39, 0.29) is 23.5 Å². The van der Waals surface area contributed by atoms with E-state index < -0.39 is 11.8 Å². The Morgan fingerprint density at radius 2 is 2.05 bits per heavy atom. The maximum atomic E-state index is 13.5. The minimum atomic E-state index is -0.613. The van der Waals surface area contributed by atoms with Gasteiger partial charge in [0, 0.05) is 10.0 Å². The van der Waals surface area contributed by atoms with Gasteiger partial charge in [0.05, 0.1) is 5.56 Å². The maximum Gasteiger partial charge on any atom is 0.338 e. The predicted molar refractivity (Wildman–Crippen MR) is 71.3 cm³/mol. The maximum absolute atomic E-state index is 13.5. The third-order valence-corrected chi connectivity index (χ3v) is 2.95. The molecule has 0 radical (unpaired) electrons. The number of esters is 1. The van der Waals surface area contributed by atoms with Crippen LogP contribution < -0.4 is 0 Å². The Balaban J connectivity index is 2.04. The van der Waals surface area contributed by atoms with Gasteiger partial charge >= 0.3 is 5.97 Å². The van der Waals surface area contributed by atoms with Crippen molar-refractivity contribution >= 4 is 21.9 Å². The van der Waals surface area contributed by atoms with Crippen LogP contribution in [-0.4, -0.2) is 11.1 Å². The molecule has 1 N–H and O–H groups in total. The molecule has 98 valence electrons. The van der Waals surface area contributed by atoms with Crippen molar-refractivity contribution in [2.24, 2.45) is 0 Å². The van der Waals surface area contributed by atoms with Gasteiger partial charge in [0.15, 0.2) is 0 Å². The third-order valence-electron chi connectivity index (χ3n) is 2.46. The first-order valence-electron chi connectivity index (χ1n) is 5.46. The molecule has 0 bridgehead atoms. The van der Waals surface area contributed by atoms with Crippen molar-refractivity contribution in [2.45, 2.75) is 6.61 Å². The zero-order valence-electron chi connectivity index (χ0n) is 9.77. The lowest BCUT2D eigenvalue weighted by Crippen LogP contribution is -2.06. The number of aromatic hydroxyl groups is 1. The molecule has 2 rings (SSSR count). The molecule has 0 aliphatic heterocycles. The van der Waals surface area contributed by atoms with Crippen LogP contribution in [0, 0.1) is 5.82 Å². The van der Waals surface area contributed by atoms with Crippen LogP contribution in [0.3, 0.4) is 0 Å². The Morgan fingerprint density at radius 3 is 2.74 bits per heavy atom. The highest BCUT2D eigenvalue weighted by molar-refractivity contribution is 9.10. The minimum absolute atomic E-state index is 0.0238. The monoisotopic (exact) mass is 324 g/mol. The first-order valence-corrected chi connectivity index (χ1v) is 6.25. The number of phenols is 1. The third kappa shape index (κ3) is 3.54. The number of phenolic OH excluding ortho intramolecular Hbond substituents is 1. The number of carbonyl (C=O) groups is 1. The molecule has 2 aromatic carbocycles. The molecule has 2 aromatic rings. The number of ether oxygens (including phenoxy) is 1. The fraction of sp³-hybridized carbons (Fsp3) is 0.0714. The summed E-state index contributed by atoms with van der Waals surface area (Å²) in [5.74, 6) is -1.08. The second-order valence-corrected chi connectivity index (χ2v) is 4.78. The average molecular weight is 325 g/mol. The van der Waals surface area contributed by atoms with Gasteiger partial charge in [-0.1, -0.05) is 28.1 Å². The molecular formula is C14H10BrFO3. The fourth-order valence-electron chi connectivity index (χ4n) is 1.50. The molecule has 0 unspecified atom stereocenters. The summed E-state index contributed by atoms with van der Waals surface area (Å²) in [4.78, 5) is 11.7. The molecule has 0 amide bonds. The SMILES string of the molecule is O=C(OCc1ccc(Br)cc1F)c1cccc(O)c1. The van der Waals surface area contributed by atoms with Crippen LogP contribution in [0.5, 0.6) is 5.75 Å². The lowest BCUT2D eigenvalue weighted by molar-refractivity contribution is 0.0468. The van der Waals surface area contributed by atoms with E-state index in [1.807, 2.05) is 0 Å². The molecule has 19 heavy (non-hydrogen) atoms. The summed E-state index contributed by atoms with van der Waals surface area (Å²) < 4.78 is 19.1. The van der Waals surface area contributed by atoms with Crippen molar-refractivity contribution in [1.29, 1.82) is 0 Å². The Morgan fingerprint density at radius 1 is 1.26 bits per heavy atom. The van der Waals surface area contributed by atoms with E-state index in [0.717, 1.165) is 0 Å². The topological polar surface area (TPSA) is 46.5 Å². The second-order valence-electron chi connectivity index (χ2n) is 3.86. The lowest BCUT2D eigenvalue weighted by atomic mass is 10.2. The van der Waals surface area contributed by atoms with Gasteiger partial charge in [0.2, 0.25) is 0 Å². The number of hydrogen-bond donors (Lipinski definition) is 1. The van der Waals surface area contributed by atoms with Gasteiger partial charge in [0.25, 0.3) is 0 Å². The molecule has 0 saturated carbocycles. The molecule has 0 saturated heterocycles. The number of hydrogen-bond acceptors (Lipinski definition) is 3. The van der Waals surface area contributed by atoms with Crippen molar-refractivity contribution in [3.63, 3.8) is 0 Å². The molecule has 5 heteroatoms. The lowest BCUT2D eigenvalue weighted by Gasteiger charge is -2.06. The van der Waals surface area contributed by atoms with Crippen LogP contribution in [0.1, 0.15) is 15.9 Å². The Labute approximate surface area is 117 Å². The van der Waals surface area contributed by atoms with Crippen LogP contribution in [0.2, 0.25) is 0 Å². The summed E-state index contributed by atoms with van der Waals surface area (Å²) in [6.45, 7) is -0.159. The van der Waals surface area contributed by atoms with Crippen LogP contribution in [0.25, 0.3) is 0 Å². The van der Waals surface area contributed by atoms with Crippen molar-refractivity contribution in [2.75, 3.05) is 0 Å². The molecule has 0 aliphatic carbocycles. The molecule has 0 atom stereocenters. The van der Waals surface area contributed by atoms with Crippen LogP contribution in [0.4, 0.5) is 4.39 Å². The van der Waals surface area contributed by atoms with Crippen LogP contribution in [-0.2, 0) is 11.3 Å². The first kappa shape index (κ1) is 13.5. The van der Waals surface area contributed by atoms with E-state index in [1.165, 1.54) is 36.4 Å². The van der Waals surface area contributed by atoms with Crippen LogP contribution >= 0.6 is 15.9 Å². The minimum Gasteiger partial charge on any atom is -0.508 e. The number of benzene rings is 2. The van der Waals surface area contributed by atoms with Crippen molar-refractivity contribution in [3.8, 4) is 5.75 Å². The fourth-order valence-corrected chi connectivity index (χ4v) is 1.83. The van der Waals surface area contributed by atoms with Crippen molar-refractivity contribution < 1.29 is 19.0 Å². The summed E-state index contributed by atoms with van der Waals surface area (Å²) in [7, 11) is 0. The largest absolute Gasteiger partial charge is 0.508 e. The normalized spacial score (nSPS) is 10.2. The molecular weight excluding hydrogens is 315 g/mol. The van der Waals surface area contributed by atoms with Crippen molar-refractivity contribution in [3.05, 3.63) is 63.9 Å². The predicted octanol–water partition coefficient (Wildman–Crippen LogP) is 3.65. The summed E-state index contributed by atoms with van der Waals surface area (Å²) in [5.41, 5.74) is 0.509. The first-order chi connectivity index (χ1) is 9.06. The highest BCUT2D eigenvalue weighted by Crippen LogP contribution is 2.17. The second kappa shape index (κ2) is 5.84. The Kier molecular flexibility index (Phi) is 4.16. The highest BCUT2D eigenvalue weighted by Gasteiger charge is 2.10. The molecule has 0 heterocycles. The van der Waals surface area contributed by atoms with Gasteiger partial charge < -0.3 is 9.84 Å². The molecule has 0 fully saturated rings. The van der Waals surface area contributed by atoms with E-state index in [1.54, 1.807) is 6.07 Å². The van der Waals surface area contributed by atoms with E-state index in [9.17, 15) is 14.3 Å². The van der Waals surface area contributed by atoms with E-state index in [2.05, 4.69) is 15.9 Å². The zero-order chi connectivity index (χ0) is 13.8. The molecule has 3 nitrogen and oxygen atoms in total. The molecule has 0 aromatic heterocycles. The standard InChI is InChI=1S/C14H10BrFO3/c15-11-5-4-10(13(16)7-11)8-19-14(18)9-2-1-3-12(17)6-9/h1-7,17H,8H2. The van der Waals surface area contributed by atoms with Gasteiger partial charge in [-0.3, -0.25) is 0 Å². The van der Waals surface area contributed by atoms with Crippen LogP contribution in [0.15, 0.2) is 46.9 Å². The molecule has 0 aliphatic rings. The number of rotatable bonds is 3. The van der Waals surface area contributed by atoms with E-state index in [0.29, 0.717) is 4.47 Å². The summed E-state index contributed by atoms with van der Waals surface area (Å²) >= 11 is 3.15. The highest BCUT2D eigenvalue weighted by atomic mass is 79.9. The average Bonchev–Trinajstić information content (AvgIpc) is 2.37. The smallest absolute Gasteiger partial charge is 0.338 e. The van der Waals surface area contributed by atoms with Gasteiger partial charge in [-0.05, 0) is 30.3 Å². The van der Waals surface area contributed by atoms with E-state index in [4.69, 9.17) is 4.74 Å². The number of halogens is 2. The summed E-state index contributed by atoms with van der Waals surface area (Å²) in [5, 5.41) is 9.25. The van der Waals surface area contributed by atoms with Gasteiger partial charge in [-0.2, -0.15) is 0 Å². The van der Waals surface area contributed by atoms with Crippen molar-refractivity contribution in [1.82, 2.24) is 0 Å². The van der Waals surface area contributed by atoms with Gasteiger partial charge in [-0.15, -0.1) is 0 Å². The van der Waals surface area contributed by atoms with E-state index >= 15 is 0 Å². The quantitative estimate of drug-likeness (QED) is 0.876. The zero-order valence-corrected chi connectivity index (χ0v) is 11.4. The number of carbonyl (C=O) groups excluding carboxylic acids is 1. The summed E-state index contributed by atoms with van der Waals surface area (Å²) in [6, 6.07) is 10.3. The Bertz CT molecular complexity index is 613. The van der Waals surface area contributed by atoms with Gasteiger partial charge in [-0.25, -0.2) is 9.18 Å².